The first-order valence-electron chi connectivity index (χ1n) is 26.7. The summed E-state index contributed by atoms with van der Waals surface area (Å²) in [6.07, 6.45) is -25.6. The maximum Gasteiger partial charge on any atom is 0.417 e. The summed E-state index contributed by atoms with van der Waals surface area (Å²) in [6, 6.07) is 49.8. The third kappa shape index (κ3) is 10.2. The molecule has 88 heavy (non-hydrogen) atoms. The maximum absolute atomic E-state index is 15.5. The third-order valence-electron chi connectivity index (χ3n) is 15.3. The number of hydrogen-bond donors (Lipinski definition) is 0. The second-order valence-corrected chi connectivity index (χ2v) is 20.7. The van der Waals surface area contributed by atoms with Crippen molar-refractivity contribution in [2.24, 2.45) is 0 Å². The molecule has 13 rings (SSSR count). The van der Waals surface area contributed by atoms with Crippen molar-refractivity contribution in [3.05, 3.63) is 246 Å². The van der Waals surface area contributed by atoms with Crippen LogP contribution in [0, 0.1) is 0 Å². The van der Waals surface area contributed by atoms with Crippen molar-refractivity contribution in [1.29, 1.82) is 0 Å². The predicted octanol–water partition coefficient (Wildman–Crippen LogP) is 21.2. The number of rotatable bonds is 8. The summed E-state index contributed by atoms with van der Waals surface area (Å²) in [4.78, 5) is 14.7. The number of hydrogen-bond acceptors (Lipinski definition) is 3. The van der Waals surface area contributed by atoms with Gasteiger partial charge in [-0.15, -0.1) is 0 Å². The van der Waals surface area contributed by atoms with Crippen LogP contribution < -0.4 is 0 Å². The smallest absolute Gasteiger partial charge is 0.309 e. The van der Waals surface area contributed by atoms with E-state index in [0.29, 0.717) is 56.0 Å². The van der Waals surface area contributed by atoms with Crippen LogP contribution in [0.25, 0.3) is 123 Å². The van der Waals surface area contributed by atoms with E-state index in [1.807, 2.05) is 0 Å². The van der Waals surface area contributed by atoms with Crippen LogP contribution in [-0.4, -0.2) is 24.1 Å². The number of nitrogens with zero attached hydrogens (tertiary/aromatic N) is 5. The van der Waals surface area contributed by atoms with Crippen molar-refractivity contribution in [2.45, 2.75) is 30.9 Å². The van der Waals surface area contributed by atoms with E-state index in [1.54, 1.807) is 137 Å². The maximum atomic E-state index is 15.5. The zero-order chi connectivity index (χ0) is 61.8. The van der Waals surface area contributed by atoms with Crippen LogP contribution in [0.15, 0.2) is 218 Å². The molecule has 10 aromatic carbocycles. The number of aromatic nitrogens is 5. The molecular weight excluding hydrogens is 1170 g/mol. The first-order chi connectivity index (χ1) is 41.8. The first-order valence-corrected chi connectivity index (χ1v) is 26.7. The summed E-state index contributed by atoms with van der Waals surface area (Å²) in [5, 5.41) is 1.51. The molecule has 3 heterocycles. The third-order valence-corrected chi connectivity index (χ3v) is 15.3. The van der Waals surface area contributed by atoms with Gasteiger partial charge in [0.15, 0.2) is 17.5 Å². The molecule has 0 N–H and O–H groups in total. The topological polar surface area (TPSA) is 48.5 Å². The number of fused-ring (bicyclic) bond motifs is 6. The molecule has 0 unspecified atom stereocenters. The highest BCUT2D eigenvalue weighted by molar-refractivity contribution is 6.12. The van der Waals surface area contributed by atoms with Gasteiger partial charge in [0.05, 0.1) is 55.6 Å². The SMILES string of the molecule is FC(F)(F)c1ccc(-n2c3ccccc3c3cc(-c4ccc(C(F)(F)F)cc4C(F)(F)F)ccc32)c(-c2cc(-n3c4ccccc4c4cc(-c5ccc(C(F)(F)F)cc5C(F)(F)F)ccc43)ccc2-c2nc(-c3ccccc3)nc(-c3ccccc3)n2)c1. The second-order valence-electron chi connectivity index (χ2n) is 20.7. The van der Waals surface area contributed by atoms with Gasteiger partial charge in [0.1, 0.15) is 0 Å². The molecule has 0 bridgehead atoms. The molecule has 0 radical (unpaired) electrons. The van der Waals surface area contributed by atoms with Crippen molar-refractivity contribution >= 4 is 43.6 Å². The number of para-hydroxylation sites is 2. The number of halogens is 15. The Balaban J connectivity index is 1.09. The van der Waals surface area contributed by atoms with E-state index in [4.69, 9.17) is 15.0 Å². The van der Waals surface area contributed by atoms with Crippen molar-refractivity contribution in [3.63, 3.8) is 0 Å². The largest absolute Gasteiger partial charge is 0.417 e. The molecule has 13 aromatic rings. The van der Waals surface area contributed by atoms with E-state index in [2.05, 4.69) is 0 Å². The average molecular weight is 1210 g/mol. The van der Waals surface area contributed by atoms with E-state index in [-0.39, 0.29) is 79.7 Å². The van der Waals surface area contributed by atoms with Crippen molar-refractivity contribution in [1.82, 2.24) is 24.1 Å². The lowest BCUT2D eigenvalue weighted by atomic mass is 9.94. The number of benzene rings is 10. The average Bonchev–Trinajstić information content (AvgIpc) is 1.54. The van der Waals surface area contributed by atoms with Crippen molar-refractivity contribution in [3.8, 4) is 78.9 Å². The molecule has 20 heteroatoms. The molecule has 3 aromatic heterocycles. The normalized spacial score (nSPS) is 12.7. The lowest BCUT2D eigenvalue weighted by molar-refractivity contribution is -0.144. The quantitative estimate of drug-likeness (QED) is 0.142. The molecule has 0 spiro atoms. The van der Waals surface area contributed by atoms with E-state index in [1.165, 1.54) is 42.5 Å². The van der Waals surface area contributed by atoms with Crippen LogP contribution in [0.4, 0.5) is 65.9 Å². The van der Waals surface area contributed by atoms with Crippen molar-refractivity contribution in [2.75, 3.05) is 0 Å². The van der Waals surface area contributed by atoms with Crippen LogP contribution >= 0.6 is 0 Å². The monoisotopic (exact) mass is 1210 g/mol. The fourth-order valence-electron chi connectivity index (χ4n) is 11.4. The molecule has 0 saturated heterocycles. The van der Waals surface area contributed by atoms with Crippen LogP contribution in [0.3, 0.4) is 0 Å². The van der Waals surface area contributed by atoms with Gasteiger partial charge in [-0.2, -0.15) is 65.9 Å². The zero-order valence-electron chi connectivity index (χ0n) is 44.7. The standard InChI is InChI=1S/C68H36F15N5/c69-64(70,71)41-23-30-60(88-57-18-10-8-16-48(57)52-32-40(20-29-59(52)88)46-26-22-43(66(75,76)77)35-55(46)68(81,82)83)53(33-41)50-36-44(24-27-49(50)63-85-61(37-11-3-1-4-12-37)84-62(86-63)38-13-5-2-6-14-38)87-56-17-9-7-15-47(56)51-31-39(19-28-58(51)87)45-25-21-42(65(72,73)74)34-54(45)67(78,79)80/h1-36H. The van der Waals surface area contributed by atoms with Gasteiger partial charge >= 0.3 is 30.9 Å². The minimum atomic E-state index is -5.23. The van der Waals surface area contributed by atoms with Crippen LogP contribution in [0.5, 0.6) is 0 Å². The molecule has 0 aliphatic carbocycles. The van der Waals surface area contributed by atoms with Crippen molar-refractivity contribution < 1.29 is 65.9 Å². The lowest BCUT2D eigenvalue weighted by Gasteiger charge is -2.20. The van der Waals surface area contributed by atoms with E-state index in [0.717, 1.165) is 24.3 Å². The van der Waals surface area contributed by atoms with Gasteiger partial charge in [0, 0.05) is 49.5 Å². The Kier molecular flexibility index (Phi) is 13.4. The highest BCUT2D eigenvalue weighted by Gasteiger charge is 2.41. The molecule has 438 valence electrons. The molecule has 5 nitrogen and oxygen atoms in total. The van der Waals surface area contributed by atoms with E-state index < -0.39 is 69.8 Å². The van der Waals surface area contributed by atoms with E-state index in [9.17, 15) is 52.7 Å². The Bertz CT molecular complexity index is 4840. The Hall–Kier alpha value is -10.2. The van der Waals surface area contributed by atoms with Crippen LogP contribution in [0.1, 0.15) is 27.8 Å². The van der Waals surface area contributed by atoms with Gasteiger partial charge in [-0.05, 0) is 125 Å². The van der Waals surface area contributed by atoms with Gasteiger partial charge in [0.2, 0.25) is 0 Å². The summed E-state index contributed by atoms with van der Waals surface area (Å²) in [6.45, 7) is 0. The fourth-order valence-corrected chi connectivity index (χ4v) is 11.4. The van der Waals surface area contributed by atoms with E-state index >= 15 is 13.2 Å². The predicted molar refractivity (Wildman–Crippen MR) is 306 cm³/mol. The Morgan fingerprint density at radius 3 is 1.12 bits per heavy atom. The molecule has 0 saturated carbocycles. The first kappa shape index (κ1) is 56.9. The fraction of sp³-hybridized carbons (Fsp3) is 0.0735. The van der Waals surface area contributed by atoms with Gasteiger partial charge in [-0.25, -0.2) is 15.0 Å². The highest BCUT2D eigenvalue weighted by atomic mass is 19.4. The van der Waals surface area contributed by atoms with Crippen LogP contribution in [0.2, 0.25) is 0 Å². The Morgan fingerprint density at radius 2 is 0.648 bits per heavy atom. The van der Waals surface area contributed by atoms with Crippen LogP contribution in [-0.2, 0) is 30.9 Å². The highest BCUT2D eigenvalue weighted by Crippen LogP contribution is 2.48. The van der Waals surface area contributed by atoms with Gasteiger partial charge in [-0.3, -0.25) is 0 Å². The number of alkyl halides is 15. The minimum absolute atomic E-state index is 0.00892. The zero-order valence-corrected chi connectivity index (χ0v) is 44.7. The van der Waals surface area contributed by atoms with Gasteiger partial charge in [0.25, 0.3) is 0 Å². The van der Waals surface area contributed by atoms with Gasteiger partial charge in [-0.1, -0.05) is 121 Å². The minimum Gasteiger partial charge on any atom is -0.309 e. The summed E-state index contributed by atoms with van der Waals surface area (Å²) in [5.41, 5.74) is -5.40. The Labute approximate surface area is 487 Å². The summed E-state index contributed by atoms with van der Waals surface area (Å²) < 4.78 is 221. The lowest BCUT2D eigenvalue weighted by Crippen LogP contribution is -2.12. The molecular formula is C68H36F15N5. The summed E-state index contributed by atoms with van der Waals surface area (Å²) in [7, 11) is 0. The molecule has 0 aliphatic heterocycles. The molecule has 0 aliphatic rings. The van der Waals surface area contributed by atoms with Gasteiger partial charge < -0.3 is 9.13 Å². The summed E-state index contributed by atoms with van der Waals surface area (Å²) in [5.74, 6) is 0.359. The molecule has 0 atom stereocenters. The summed E-state index contributed by atoms with van der Waals surface area (Å²) >= 11 is 0. The second kappa shape index (κ2) is 20.7. The molecule has 0 fully saturated rings. The Morgan fingerprint density at radius 1 is 0.250 bits per heavy atom. The molecule has 0 amide bonds.